The number of carbonyl (C=O) groups is 1. The second-order valence-corrected chi connectivity index (χ2v) is 6.72. The van der Waals surface area contributed by atoms with Gasteiger partial charge in [-0.05, 0) is 26.2 Å². The smallest absolute Gasteiger partial charge is 0.308 e. The van der Waals surface area contributed by atoms with E-state index in [1.54, 1.807) is 11.3 Å². The van der Waals surface area contributed by atoms with E-state index in [2.05, 4.69) is 29.2 Å². The fourth-order valence-corrected chi connectivity index (χ4v) is 3.42. The Bertz CT molecular complexity index is 449. The maximum atomic E-state index is 10.6. The number of rotatable bonds is 6. The van der Waals surface area contributed by atoms with E-state index in [9.17, 15) is 4.79 Å². The summed E-state index contributed by atoms with van der Waals surface area (Å²) in [7, 11) is 4.34. The first-order valence-electron chi connectivity index (χ1n) is 6.93. The zero-order chi connectivity index (χ0) is 14.5. The lowest BCUT2D eigenvalue weighted by Gasteiger charge is -2.37. The highest BCUT2D eigenvalue weighted by molar-refractivity contribution is 7.12. The van der Waals surface area contributed by atoms with E-state index in [0.29, 0.717) is 6.04 Å². The van der Waals surface area contributed by atoms with Crippen LogP contribution in [0.1, 0.15) is 9.75 Å². The number of carboxylic acid groups (broad SMARTS) is 1. The van der Waals surface area contributed by atoms with Gasteiger partial charge in [-0.3, -0.25) is 9.69 Å². The molecule has 1 fully saturated rings. The van der Waals surface area contributed by atoms with E-state index in [1.165, 1.54) is 4.88 Å². The third kappa shape index (κ3) is 4.56. The van der Waals surface area contributed by atoms with Crippen molar-refractivity contribution in [1.29, 1.82) is 0 Å². The minimum atomic E-state index is -0.766. The van der Waals surface area contributed by atoms with Gasteiger partial charge in [0.15, 0.2) is 0 Å². The van der Waals surface area contributed by atoms with Gasteiger partial charge in [0.25, 0.3) is 0 Å². The minimum Gasteiger partial charge on any atom is -0.481 e. The number of piperazine rings is 1. The largest absolute Gasteiger partial charge is 0.481 e. The molecule has 20 heavy (non-hydrogen) atoms. The van der Waals surface area contributed by atoms with Crippen molar-refractivity contribution in [3.63, 3.8) is 0 Å². The van der Waals surface area contributed by atoms with E-state index < -0.39 is 5.97 Å². The maximum absolute atomic E-state index is 10.6. The molecule has 0 radical (unpaired) electrons. The molecule has 0 spiro atoms. The Labute approximate surface area is 124 Å². The minimum absolute atomic E-state index is 0.126. The zero-order valence-corrected chi connectivity index (χ0v) is 12.9. The van der Waals surface area contributed by atoms with Crippen molar-refractivity contribution in [2.75, 3.05) is 40.3 Å². The van der Waals surface area contributed by atoms with E-state index in [4.69, 9.17) is 5.11 Å². The molecule has 1 aliphatic heterocycles. The van der Waals surface area contributed by atoms with Crippen molar-refractivity contribution in [3.8, 4) is 0 Å². The summed E-state index contributed by atoms with van der Waals surface area (Å²) in [6.45, 7) is 5.13. The molecule has 6 heteroatoms. The molecule has 0 aromatic carbocycles. The molecule has 1 aromatic rings. The molecule has 0 amide bonds. The lowest BCUT2D eigenvalue weighted by molar-refractivity contribution is -0.136. The Morgan fingerprint density at radius 2 is 2.15 bits per heavy atom. The highest BCUT2D eigenvalue weighted by Gasteiger charge is 2.21. The average molecular weight is 297 g/mol. The van der Waals surface area contributed by atoms with Crippen LogP contribution in [0.3, 0.4) is 0 Å². The fourth-order valence-electron chi connectivity index (χ4n) is 2.45. The van der Waals surface area contributed by atoms with Crippen LogP contribution in [0.2, 0.25) is 0 Å². The van der Waals surface area contributed by atoms with Crippen molar-refractivity contribution in [3.05, 3.63) is 21.9 Å². The van der Waals surface area contributed by atoms with E-state index >= 15 is 0 Å². The number of hydrogen-bond donors (Lipinski definition) is 2. The van der Waals surface area contributed by atoms with Crippen LogP contribution in [0.25, 0.3) is 0 Å². The summed E-state index contributed by atoms with van der Waals surface area (Å²) in [6.07, 6.45) is 0.126. The second kappa shape index (κ2) is 7.17. The Morgan fingerprint density at radius 1 is 1.40 bits per heavy atom. The first-order chi connectivity index (χ1) is 9.54. The molecule has 0 saturated carbocycles. The molecule has 5 nitrogen and oxygen atoms in total. The summed E-state index contributed by atoms with van der Waals surface area (Å²) in [5, 5.41) is 12.2. The topological polar surface area (TPSA) is 55.8 Å². The molecule has 112 valence electrons. The Morgan fingerprint density at radius 3 is 2.90 bits per heavy atom. The van der Waals surface area contributed by atoms with Gasteiger partial charge in [-0.2, -0.15) is 0 Å². The van der Waals surface area contributed by atoms with Crippen molar-refractivity contribution in [1.82, 2.24) is 15.1 Å². The van der Waals surface area contributed by atoms with Crippen LogP contribution >= 0.6 is 11.3 Å². The van der Waals surface area contributed by atoms with Crippen LogP contribution in [0, 0.1) is 0 Å². The standard InChI is InChI=1S/C14H23N3O2S/c1-16-5-6-17(2)11(10-16)8-15-9-13-4-3-12(20-13)7-14(18)19/h3-4,11,15H,5-10H2,1-2H3,(H,18,19). The number of nitrogens with one attached hydrogen (secondary N) is 1. The molecule has 2 heterocycles. The lowest BCUT2D eigenvalue weighted by atomic mass is 10.2. The lowest BCUT2D eigenvalue weighted by Crippen LogP contribution is -2.53. The molecule has 2 N–H and O–H groups in total. The van der Waals surface area contributed by atoms with Crippen LogP contribution in [0.4, 0.5) is 0 Å². The maximum Gasteiger partial charge on any atom is 0.308 e. The molecule has 1 atom stereocenters. The Balaban J connectivity index is 1.75. The third-order valence-electron chi connectivity index (χ3n) is 3.70. The number of likely N-dealkylation sites (N-methyl/N-ethyl adjacent to an activating group) is 2. The van der Waals surface area contributed by atoms with Crippen molar-refractivity contribution < 1.29 is 9.90 Å². The normalized spacial score (nSPS) is 21.2. The van der Waals surface area contributed by atoms with E-state index in [-0.39, 0.29) is 6.42 Å². The van der Waals surface area contributed by atoms with Crippen molar-refractivity contribution >= 4 is 17.3 Å². The summed E-state index contributed by atoms with van der Waals surface area (Å²) in [5.41, 5.74) is 0. The van der Waals surface area contributed by atoms with Gasteiger partial charge >= 0.3 is 5.97 Å². The Hall–Kier alpha value is -0.950. The number of nitrogens with zero attached hydrogens (tertiary/aromatic N) is 2. The van der Waals surface area contributed by atoms with Gasteiger partial charge in [0, 0.05) is 48.5 Å². The number of aliphatic carboxylic acids is 1. The number of hydrogen-bond acceptors (Lipinski definition) is 5. The van der Waals surface area contributed by atoms with Crippen LogP contribution in [-0.2, 0) is 17.8 Å². The van der Waals surface area contributed by atoms with E-state index in [1.807, 2.05) is 12.1 Å². The summed E-state index contributed by atoms with van der Waals surface area (Å²) in [6, 6.07) is 4.48. The summed E-state index contributed by atoms with van der Waals surface area (Å²) >= 11 is 1.58. The van der Waals surface area contributed by atoms with Gasteiger partial charge in [-0.15, -0.1) is 11.3 Å². The molecule has 0 bridgehead atoms. The molecular weight excluding hydrogens is 274 g/mol. The zero-order valence-electron chi connectivity index (χ0n) is 12.1. The summed E-state index contributed by atoms with van der Waals surface area (Å²) in [5.74, 6) is -0.766. The summed E-state index contributed by atoms with van der Waals surface area (Å²) < 4.78 is 0. The summed E-state index contributed by atoms with van der Waals surface area (Å²) in [4.78, 5) is 17.5. The average Bonchev–Trinajstić information content (AvgIpc) is 2.80. The third-order valence-corrected chi connectivity index (χ3v) is 4.79. The molecule has 2 rings (SSSR count). The van der Waals surface area contributed by atoms with Crippen LogP contribution < -0.4 is 5.32 Å². The second-order valence-electron chi connectivity index (χ2n) is 5.47. The van der Waals surface area contributed by atoms with E-state index in [0.717, 1.165) is 37.6 Å². The monoisotopic (exact) mass is 297 g/mol. The quantitative estimate of drug-likeness (QED) is 0.810. The van der Waals surface area contributed by atoms with Gasteiger partial charge < -0.3 is 15.3 Å². The molecule has 1 unspecified atom stereocenters. The molecule has 0 aliphatic carbocycles. The first-order valence-corrected chi connectivity index (χ1v) is 7.75. The highest BCUT2D eigenvalue weighted by atomic mass is 32.1. The molecule has 1 aliphatic rings. The van der Waals surface area contributed by atoms with Gasteiger partial charge in [0.05, 0.1) is 6.42 Å². The first kappa shape index (κ1) is 15.4. The fraction of sp³-hybridized carbons (Fsp3) is 0.643. The van der Waals surface area contributed by atoms with Crippen molar-refractivity contribution in [2.45, 2.75) is 19.0 Å². The predicted molar refractivity (Wildman–Crippen MR) is 81.3 cm³/mol. The van der Waals surface area contributed by atoms with Gasteiger partial charge in [-0.1, -0.05) is 0 Å². The molecule has 1 saturated heterocycles. The van der Waals surface area contributed by atoms with Crippen molar-refractivity contribution in [2.24, 2.45) is 0 Å². The van der Waals surface area contributed by atoms with Gasteiger partial charge in [0.2, 0.25) is 0 Å². The Kier molecular flexibility index (Phi) is 5.54. The SMILES string of the molecule is CN1CCN(C)C(CNCc2ccc(CC(=O)O)s2)C1. The van der Waals surface area contributed by atoms with Crippen LogP contribution in [0.5, 0.6) is 0 Å². The highest BCUT2D eigenvalue weighted by Crippen LogP contribution is 2.17. The predicted octanol–water partition coefficient (Wildman–Crippen LogP) is 0.711. The molecular formula is C14H23N3O2S. The van der Waals surface area contributed by atoms with Crippen LogP contribution in [0.15, 0.2) is 12.1 Å². The molecule has 1 aromatic heterocycles. The van der Waals surface area contributed by atoms with Gasteiger partial charge in [0.1, 0.15) is 0 Å². The van der Waals surface area contributed by atoms with Crippen LogP contribution in [-0.4, -0.2) is 67.2 Å². The number of carboxylic acids is 1. The van der Waals surface area contributed by atoms with Gasteiger partial charge in [-0.25, -0.2) is 0 Å². The number of thiophene rings is 1.